The summed E-state index contributed by atoms with van der Waals surface area (Å²) in [6.07, 6.45) is 0.204. The van der Waals surface area contributed by atoms with E-state index in [-0.39, 0.29) is 24.1 Å². The first-order valence-electron chi connectivity index (χ1n) is 5.18. The average Bonchev–Trinajstić information content (AvgIpc) is 2.16. The highest BCUT2D eigenvalue weighted by atomic mass is 16.5. The molecule has 2 N–H and O–H groups in total. The largest absolute Gasteiger partial charge is 0.508 e. The maximum atomic E-state index is 11.6. The molecule has 0 bridgehead atoms. The third-order valence-electron chi connectivity index (χ3n) is 2.06. The van der Waals surface area contributed by atoms with Crippen LogP contribution in [0.3, 0.4) is 0 Å². The molecule has 0 saturated heterocycles. The molecular weight excluding hydrogens is 206 g/mol. The Hall–Kier alpha value is -1.71. The molecule has 0 radical (unpaired) electrons. The second-order valence-corrected chi connectivity index (χ2v) is 3.90. The van der Waals surface area contributed by atoms with Crippen molar-refractivity contribution in [3.8, 4) is 11.5 Å². The number of nitrogens with one attached hydrogen (secondary N) is 1. The predicted molar refractivity (Wildman–Crippen MR) is 61.6 cm³/mol. The standard InChI is InChI=1S/C12H17NO3/c1-8(2)13-12(15)7-9-6-10(14)4-5-11(9)16-3/h4-6,8,14H,7H2,1-3H3,(H,13,15). The van der Waals surface area contributed by atoms with Crippen molar-refractivity contribution in [2.45, 2.75) is 26.3 Å². The number of methoxy groups -OCH3 is 1. The molecule has 1 aromatic rings. The van der Waals surface area contributed by atoms with Crippen LogP contribution in [0.2, 0.25) is 0 Å². The van der Waals surface area contributed by atoms with E-state index in [0.717, 1.165) is 0 Å². The summed E-state index contributed by atoms with van der Waals surface area (Å²) in [5.41, 5.74) is 0.681. The number of benzene rings is 1. The molecule has 0 aliphatic rings. The van der Waals surface area contributed by atoms with Crippen LogP contribution in [0.25, 0.3) is 0 Å². The first kappa shape index (κ1) is 12.4. The van der Waals surface area contributed by atoms with Crippen molar-refractivity contribution in [1.29, 1.82) is 0 Å². The molecule has 0 aliphatic carbocycles. The number of aromatic hydroxyl groups is 1. The molecule has 16 heavy (non-hydrogen) atoms. The molecule has 0 aliphatic heterocycles. The van der Waals surface area contributed by atoms with E-state index in [2.05, 4.69) is 5.32 Å². The summed E-state index contributed by atoms with van der Waals surface area (Å²) >= 11 is 0. The summed E-state index contributed by atoms with van der Waals surface area (Å²) in [6.45, 7) is 3.80. The molecule has 4 heteroatoms. The molecule has 1 rings (SSSR count). The number of phenolic OH excluding ortho intramolecular Hbond substituents is 1. The van der Waals surface area contributed by atoms with E-state index in [4.69, 9.17) is 4.74 Å². The number of hydrogen-bond acceptors (Lipinski definition) is 3. The molecule has 0 saturated carbocycles. The number of carbonyl (C=O) groups is 1. The van der Waals surface area contributed by atoms with E-state index < -0.39 is 0 Å². The van der Waals surface area contributed by atoms with Crippen molar-refractivity contribution in [3.63, 3.8) is 0 Å². The first-order valence-corrected chi connectivity index (χ1v) is 5.18. The molecule has 0 aromatic heterocycles. The van der Waals surface area contributed by atoms with Crippen molar-refractivity contribution < 1.29 is 14.6 Å². The minimum Gasteiger partial charge on any atom is -0.508 e. The van der Waals surface area contributed by atoms with E-state index in [1.165, 1.54) is 13.2 Å². The van der Waals surface area contributed by atoms with Crippen LogP contribution in [0, 0.1) is 0 Å². The minimum absolute atomic E-state index is 0.0844. The fourth-order valence-electron chi connectivity index (χ4n) is 1.45. The molecule has 0 spiro atoms. The summed E-state index contributed by atoms with van der Waals surface area (Å²) in [7, 11) is 1.54. The van der Waals surface area contributed by atoms with Gasteiger partial charge in [0.1, 0.15) is 11.5 Å². The Morgan fingerprint density at radius 1 is 1.50 bits per heavy atom. The summed E-state index contributed by atoms with van der Waals surface area (Å²) < 4.78 is 5.12. The van der Waals surface area contributed by atoms with Crippen molar-refractivity contribution >= 4 is 5.91 Å². The Balaban J connectivity index is 2.79. The second-order valence-electron chi connectivity index (χ2n) is 3.90. The SMILES string of the molecule is COc1ccc(O)cc1CC(=O)NC(C)C. The van der Waals surface area contributed by atoms with E-state index >= 15 is 0 Å². The number of ether oxygens (including phenoxy) is 1. The Labute approximate surface area is 95.2 Å². The van der Waals surface area contributed by atoms with Crippen molar-refractivity contribution in [3.05, 3.63) is 23.8 Å². The summed E-state index contributed by atoms with van der Waals surface area (Å²) in [5.74, 6) is 0.656. The zero-order valence-corrected chi connectivity index (χ0v) is 9.78. The number of hydrogen-bond donors (Lipinski definition) is 2. The highest BCUT2D eigenvalue weighted by Gasteiger charge is 2.10. The lowest BCUT2D eigenvalue weighted by atomic mass is 10.1. The lowest BCUT2D eigenvalue weighted by molar-refractivity contribution is -0.120. The Kier molecular flexibility index (Phi) is 4.17. The molecular formula is C12H17NO3. The van der Waals surface area contributed by atoms with Crippen molar-refractivity contribution in [1.82, 2.24) is 5.32 Å². The van der Waals surface area contributed by atoms with Gasteiger partial charge < -0.3 is 15.2 Å². The van der Waals surface area contributed by atoms with Gasteiger partial charge >= 0.3 is 0 Å². The normalized spacial score (nSPS) is 10.2. The third-order valence-corrected chi connectivity index (χ3v) is 2.06. The minimum atomic E-state index is -0.0844. The van der Waals surface area contributed by atoms with Crippen molar-refractivity contribution in [2.24, 2.45) is 0 Å². The lowest BCUT2D eigenvalue weighted by Gasteiger charge is -2.11. The fraction of sp³-hybridized carbons (Fsp3) is 0.417. The Bertz CT molecular complexity index is 375. The quantitative estimate of drug-likeness (QED) is 0.812. The highest BCUT2D eigenvalue weighted by Crippen LogP contribution is 2.23. The molecule has 0 atom stereocenters. The van der Waals surface area contributed by atoms with Crippen LogP contribution < -0.4 is 10.1 Å². The fourth-order valence-corrected chi connectivity index (χ4v) is 1.45. The molecule has 0 heterocycles. The van der Waals surface area contributed by atoms with Gasteiger partial charge in [0.15, 0.2) is 0 Å². The van der Waals surface area contributed by atoms with E-state index in [1.54, 1.807) is 12.1 Å². The van der Waals surface area contributed by atoms with Gasteiger partial charge in [0.25, 0.3) is 0 Å². The summed E-state index contributed by atoms with van der Waals surface area (Å²) in [6, 6.07) is 4.82. The average molecular weight is 223 g/mol. The van der Waals surface area contributed by atoms with E-state index in [1.807, 2.05) is 13.8 Å². The van der Waals surface area contributed by atoms with Crippen LogP contribution in [0.15, 0.2) is 18.2 Å². The van der Waals surface area contributed by atoms with Gasteiger partial charge in [-0.1, -0.05) is 0 Å². The summed E-state index contributed by atoms with van der Waals surface area (Å²) in [5, 5.41) is 12.1. The van der Waals surface area contributed by atoms with Crippen LogP contribution in [0.5, 0.6) is 11.5 Å². The van der Waals surface area contributed by atoms with Gasteiger partial charge in [0, 0.05) is 11.6 Å². The van der Waals surface area contributed by atoms with Gasteiger partial charge in [-0.2, -0.15) is 0 Å². The van der Waals surface area contributed by atoms with Crippen LogP contribution in [-0.4, -0.2) is 24.2 Å². The number of phenols is 1. The monoisotopic (exact) mass is 223 g/mol. The lowest BCUT2D eigenvalue weighted by Crippen LogP contribution is -2.31. The topological polar surface area (TPSA) is 58.6 Å². The van der Waals surface area contributed by atoms with Crippen molar-refractivity contribution in [2.75, 3.05) is 7.11 Å². The molecule has 0 unspecified atom stereocenters. The van der Waals surface area contributed by atoms with Crippen LogP contribution in [0.4, 0.5) is 0 Å². The van der Waals surface area contributed by atoms with Gasteiger partial charge in [0.05, 0.1) is 13.5 Å². The van der Waals surface area contributed by atoms with Crippen LogP contribution in [0.1, 0.15) is 19.4 Å². The van der Waals surface area contributed by atoms with Gasteiger partial charge in [-0.3, -0.25) is 4.79 Å². The number of rotatable bonds is 4. The first-order chi connectivity index (χ1) is 7.52. The molecule has 0 fully saturated rings. The Morgan fingerprint density at radius 2 is 2.19 bits per heavy atom. The van der Waals surface area contributed by atoms with Gasteiger partial charge in [-0.15, -0.1) is 0 Å². The highest BCUT2D eigenvalue weighted by molar-refractivity contribution is 5.79. The van der Waals surface area contributed by atoms with Gasteiger partial charge in [-0.05, 0) is 32.0 Å². The van der Waals surface area contributed by atoms with Gasteiger partial charge in [-0.25, -0.2) is 0 Å². The van der Waals surface area contributed by atoms with E-state index in [9.17, 15) is 9.90 Å². The Morgan fingerprint density at radius 3 is 2.75 bits per heavy atom. The second kappa shape index (κ2) is 5.39. The molecule has 1 amide bonds. The number of amides is 1. The molecule has 88 valence electrons. The predicted octanol–water partition coefficient (Wildman–Crippen LogP) is 1.47. The summed E-state index contributed by atoms with van der Waals surface area (Å²) in [4.78, 5) is 11.6. The maximum absolute atomic E-state index is 11.6. The van der Waals surface area contributed by atoms with Crippen LogP contribution >= 0.6 is 0 Å². The maximum Gasteiger partial charge on any atom is 0.224 e. The number of carbonyl (C=O) groups excluding carboxylic acids is 1. The zero-order valence-electron chi connectivity index (χ0n) is 9.78. The third kappa shape index (κ3) is 3.46. The smallest absolute Gasteiger partial charge is 0.224 e. The zero-order chi connectivity index (χ0) is 12.1. The molecule has 4 nitrogen and oxygen atoms in total. The van der Waals surface area contributed by atoms with Crippen LogP contribution in [-0.2, 0) is 11.2 Å². The molecule has 1 aromatic carbocycles. The van der Waals surface area contributed by atoms with E-state index in [0.29, 0.717) is 11.3 Å². The van der Waals surface area contributed by atoms with Gasteiger partial charge in [0.2, 0.25) is 5.91 Å².